The highest BCUT2D eigenvalue weighted by atomic mass is 16.1. The fourth-order valence-electron chi connectivity index (χ4n) is 2.81. The number of benzene rings is 1. The van der Waals surface area contributed by atoms with Crippen LogP contribution in [0.3, 0.4) is 0 Å². The lowest BCUT2D eigenvalue weighted by atomic mass is 9.95. The van der Waals surface area contributed by atoms with E-state index in [4.69, 9.17) is 0 Å². The van der Waals surface area contributed by atoms with E-state index in [9.17, 15) is 4.79 Å². The van der Waals surface area contributed by atoms with Crippen molar-refractivity contribution in [3.05, 3.63) is 48.6 Å². The Morgan fingerprint density at radius 3 is 2.83 bits per heavy atom. The summed E-state index contributed by atoms with van der Waals surface area (Å²) in [6.07, 6.45) is 7.19. The van der Waals surface area contributed by atoms with Gasteiger partial charge in [0.2, 0.25) is 5.91 Å². The SMILES string of the molecule is C=CC(=O)NC1CCCC1CCc1ccccc1. The van der Waals surface area contributed by atoms with Gasteiger partial charge in [-0.05, 0) is 43.2 Å². The maximum Gasteiger partial charge on any atom is 0.243 e. The van der Waals surface area contributed by atoms with E-state index < -0.39 is 0 Å². The van der Waals surface area contributed by atoms with Crippen LogP contribution in [0.5, 0.6) is 0 Å². The highest BCUT2D eigenvalue weighted by Gasteiger charge is 2.27. The molecule has 2 atom stereocenters. The molecular weight excluding hydrogens is 222 g/mol. The molecule has 1 aromatic carbocycles. The first-order valence-electron chi connectivity index (χ1n) is 6.76. The zero-order valence-electron chi connectivity index (χ0n) is 10.8. The number of carbonyl (C=O) groups is 1. The summed E-state index contributed by atoms with van der Waals surface area (Å²) in [6.45, 7) is 3.51. The fourth-order valence-corrected chi connectivity index (χ4v) is 2.81. The first kappa shape index (κ1) is 12.9. The number of rotatable bonds is 5. The van der Waals surface area contributed by atoms with Crippen LogP contribution in [0.2, 0.25) is 0 Å². The molecule has 0 heterocycles. The minimum absolute atomic E-state index is 0.0355. The van der Waals surface area contributed by atoms with Crippen molar-refractivity contribution in [3.8, 4) is 0 Å². The molecule has 0 aromatic heterocycles. The van der Waals surface area contributed by atoms with Crippen molar-refractivity contribution < 1.29 is 4.79 Å². The molecule has 0 radical (unpaired) electrons. The van der Waals surface area contributed by atoms with Crippen LogP contribution in [0, 0.1) is 5.92 Å². The van der Waals surface area contributed by atoms with E-state index in [0.29, 0.717) is 12.0 Å². The van der Waals surface area contributed by atoms with Gasteiger partial charge in [0, 0.05) is 6.04 Å². The zero-order valence-corrected chi connectivity index (χ0v) is 10.8. The highest BCUT2D eigenvalue weighted by molar-refractivity contribution is 5.87. The second-order valence-electron chi connectivity index (χ2n) is 5.03. The molecule has 2 unspecified atom stereocenters. The maximum atomic E-state index is 11.4. The molecule has 1 aromatic rings. The van der Waals surface area contributed by atoms with Crippen molar-refractivity contribution in [1.29, 1.82) is 0 Å². The summed E-state index contributed by atoms with van der Waals surface area (Å²) in [4.78, 5) is 11.4. The van der Waals surface area contributed by atoms with E-state index in [2.05, 4.69) is 36.2 Å². The Kier molecular flexibility index (Phi) is 4.57. The molecule has 1 saturated carbocycles. The summed E-state index contributed by atoms with van der Waals surface area (Å²) in [5.41, 5.74) is 1.39. The molecule has 96 valence electrons. The van der Waals surface area contributed by atoms with E-state index in [-0.39, 0.29) is 5.91 Å². The molecule has 0 spiro atoms. The minimum atomic E-state index is -0.0355. The van der Waals surface area contributed by atoms with Gasteiger partial charge in [0.15, 0.2) is 0 Å². The minimum Gasteiger partial charge on any atom is -0.350 e. The summed E-state index contributed by atoms with van der Waals surface area (Å²) in [7, 11) is 0. The summed E-state index contributed by atoms with van der Waals surface area (Å²) in [6, 6.07) is 10.9. The van der Waals surface area contributed by atoms with Crippen LogP contribution < -0.4 is 5.32 Å². The molecule has 1 fully saturated rings. The summed E-state index contributed by atoms with van der Waals surface area (Å²) in [5, 5.41) is 3.06. The van der Waals surface area contributed by atoms with Crippen LogP contribution >= 0.6 is 0 Å². The molecule has 2 nitrogen and oxygen atoms in total. The van der Waals surface area contributed by atoms with E-state index in [1.807, 2.05) is 6.07 Å². The number of amides is 1. The number of carbonyl (C=O) groups excluding carboxylic acids is 1. The predicted molar refractivity (Wildman–Crippen MR) is 74.2 cm³/mol. The van der Waals surface area contributed by atoms with Gasteiger partial charge in [-0.25, -0.2) is 0 Å². The standard InChI is InChI=1S/C16H21NO/c1-2-16(18)17-15-10-6-9-14(15)12-11-13-7-4-3-5-8-13/h2-5,7-8,14-15H,1,6,9-12H2,(H,17,18). The second kappa shape index (κ2) is 6.39. The third-order valence-electron chi connectivity index (χ3n) is 3.82. The fraction of sp³-hybridized carbons (Fsp3) is 0.438. The predicted octanol–water partition coefficient (Wildman–Crippen LogP) is 3.09. The van der Waals surface area contributed by atoms with Gasteiger partial charge < -0.3 is 5.32 Å². The maximum absolute atomic E-state index is 11.4. The topological polar surface area (TPSA) is 29.1 Å². The Balaban J connectivity index is 1.84. The smallest absolute Gasteiger partial charge is 0.243 e. The average Bonchev–Trinajstić information content (AvgIpc) is 2.84. The molecule has 1 amide bonds. The van der Waals surface area contributed by atoms with Crippen molar-refractivity contribution in [2.75, 3.05) is 0 Å². The van der Waals surface area contributed by atoms with Gasteiger partial charge in [-0.3, -0.25) is 4.79 Å². The molecule has 1 aliphatic carbocycles. The van der Waals surface area contributed by atoms with Gasteiger partial charge in [0.1, 0.15) is 0 Å². The lowest BCUT2D eigenvalue weighted by Gasteiger charge is -2.20. The largest absolute Gasteiger partial charge is 0.350 e. The Morgan fingerprint density at radius 1 is 1.33 bits per heavy atom. The summed E-state index contributed by atoms with van der Waals surface area (Å²) in [5.74, 6) is 0.584. The molecule has 0 aliphatic heterocycles. The van der Waals surface area contributed by atoms with E-state index in [1.165, 1.54) is 24.5 Å². The van der Waals surface area contributed by atoms with E-state index >= 15 is 0 Å². The van der Waals surface area contributed by atoms with Gasteiger partial charge in [-0.1, -0.05) is 43.3 Å². The van der Waals surface area contributed by atoms with Crippen LogP contribution in [0.1, 0.15) is 31.2 Å². The van der Waals surface area contributed by atoms with Gasteiger partial charge in [-0.2, -0.15) is 0 Å². The van der Waals surface area contributed by atoms with Crippen molar-refractivity contribution in [2.45, 2.75) is 38.1 Å². The van der Waals surface area contributed by atoms with Crippen LogP contribution in [-0.2, 0) is 11.2 Å². The summed E-state index contributed by atoms with van der Waals surface area (Å²) >= 11 is 0. The van der Waals surface area contributed by atoms with Gasteiger partial charge >= 0.3 is 0 Å². The van der Waals surface area contributed by atoms with Crippen molar-refractivity contribution in [1.82, 2.24) is 5.32 Å². The lowest BCUT2D eigenvalue weighted by molar-refractivity contribution is -0.117. The molecule has 1 N–H and O–H groups in total. The monoisotopic (exact) mass is 243 g/mol. The van der Waals surface area contributed by atoms with Gasteiger partial charge in [0.05, 0.1) is 0 Å². The van der Waals surface area contributed by atoms with Crippen LogP contribution in [0.15, 0.2) is 43.0 Å². The number of aryl methyl sites for hydroxylation is 1. The molecule has 18 heavy (non-hydrogen) atoms. The van der Waals surface area contributed by atoms with Crippen molar-refractivity contribution in [2.24, 2.45) is 5.92 Å². The lowest BCUT2D eigenvalue weighted by Crippen LogP contribution is -2.36. The Morgan fingerprint density at radius 2 is 2.11 bits per heavy atom. The number of hydrogen-bond donors (Lipinski definition) is 1. The normalized spacial score (nSPS) is 22.7. The van der Waals surface area contributed by atoms with Crippen molar-refractivity contribution >= 4 is 5.91 Å². The third-order valence-corrected chi connectivity index (χ3v) is 3.82. The van der Waals surface area contributed by atoms with Gasteiger partial charge in [-0.15, -0.1) is 0 Å². The zero-order chi connectivity index (χ0) is 12.8. The summed E-state index contributed by atoms with van der Waals surface area (Å²) < 4.78 is 0. The first-order valence-corrected chi connectivity index (χ1v) is 6.76. The van der Waals surface area contributed by atoms with E-state index in [1.54, 1.807) is 0 Å². The molecule has 1 aliphatic rings. The molecule has 0 bridgehead atoms. The van der Waals surface area contributed by atoms with Crippen LogP contribution in [0.25, 0.3) is 0 Å². The molecule has 2 rings (SSSR count). The third kappa shape index (κ3) is 3.46. The second-order valence-corrected chi connectivity index (χ2v) is 5.03. The average molecular weight is 243 g/mol. The number of nitrogens with one attached hydrogen (secondary N) is 1. The molecule has 2 heteroatoms. The first-order chi connectivity index (χ1) is 8.79. The molecule has 0 saturated heterocycles. The Hall–Kier alpha value is -1.57. The van der Waals surface area contributed by atoms with Crippen molar-refractivity contribution in [3.63, 3.8) is 0 Å². The number of hydrogen-bond acceptors (Lipinski definition) is 1. The van der Waals surface area contributed by atoms with E-state index in [0.717, 1.165) is 19.3 Å². The highest BCUT2D eigenvalue weighted by Crippen LogP contribution is 2.29. The Bertz CT molecular complexity index is 399. The van der Waals surface area contributed by atoms with Gasteiger partial charge in [0.25, 0.3) is 0 Å². The van der Waals surface area contributed by atoms with Crippen LogP contribution in [0.4, 0.5) is 0 Å². The van der Waals surface area contributed by atoms with Crippen LogP contribution in [-0.4, -0.2) is 11.9 Å². The molecular formula is C16H21NO. The quantitative estimate of drug-likeness (QED) is 0.791. The Labute approximate surface area is 109 Å².